The molecule has 4 rings (SSSR count). The van der Waals surface area contributed by atoms with Crippen LogP contribution in [0, 0.1) is 13.8 Å². The van der Waals surface area contributed by atoms with Crippen molar-refractivity contribution in [3.8, 4) is 5.75 Å². The van der Waals surface area contributed by atoms with Gasteiger partial charge in [0.1, 0.15) is 11.4 Å². The molecule has 0 aromatic heterocycles. The summed E-state index contributed by atoms with van der Waals surface area (Å²) in [6.45, 7) is 3.70. The Morgan fingerprint density at radius 3 is 2.24 bits per heavy atom. The predicted octanol–water partition coefficient (Wildman–Crippen LogP) is 5.60. The van der Waals surface area contributed by atoms with Crippen LogP contribution in [0.4, 0.5) is 24.5 Å². The predicted molar refractivity (Wildman–Crippen MR) is 119 cm³/mol. The molecule has 1 heterocycles. The van der Waals surface area contributed by atoms with Crippen molar-refractivity contribution in [2.75, 3.05) is 10.2 Å². The number of aryl methyl sites for hydroxylation is 2. The van der Waals surface area contributed by atoms with Crippen LogP contribution in [0.1, 0.15) is 16.7 Å². The lowest BCUT2D eigenvalue weighted by atomic mass is 10.0. The Morgan fingerprint density at radius 1 is 0.848 bits per heavy atom. The van der Waals surface area contributed by atoms with E-state index in [2.05, 4.69) is 10.1 Å². The van der Waals surface area contributed by atoms with Crippen molar-refractivity contribution < 1.29 is 27.5 Å². The minimum atomic E-state index is -4.86. The van der Waals surface area contributed by atoms with Crippen molar-refractivity contribution in [1.29, 1.82) is 0 Å². The number of benzene rings is 3. The van der Waals surface area contributed by atoms with Crippen molar-refractivity contribution in [3.05, 3.63) is 95.2 Å². The summed E-state index contributed by atoms with van der Waals surface area (Å²) in [4.78, 5) is 28.0. The third kappa shape index (κ3) is 4.59. The number of alkyl halides is 3. The van der Waals surface area contributed by atoms with Crippen LogP contribution < -0.4 is 15.0 Å². The molecule has 0 fully saturated rings. The standard InChI is InChI=1S/C25H19F3N2O3/c1-15-11-12-20(16(2)13-15)30-23(31)21(17-7-4-3-5-8-17)22(24(30)32)29-18-9-6-10-19(14-18)33-25(26,27)28/h3-14,29H,1-2H3. The topological polar surface area (TPSA) is 58.6 Å². The second-order valence-corrected chi connectivity index (χ2v) is 7.55. The first-order valence-electron chi connectivity index (χ1n) is 10.0. The molecule has 0 radical (unpaired) electrons. The first kappa shape index (κ1) is 22.1. The van der Waals surface area contributed by atoms with Crippen LogP contribution in [-0.2, 0) is 9.59 Å². The zero-order valence-corrected chi connectivity index (χ0v) is 17.7. The number of hydrogen-bond donors (Lipinski definition) is 1. The number of nitrogens with zero attached hydrogens (tertiary/aromatic N) is 1. The molecule has 0 unspecified atom stereocenters. The molecule has 1 N–H and O–H groups in total. The van der Waals surface area contributed by atoms with Gasteiger partial charge < -0.3 is 10.1 Å². The Balaban J connectivity index is 1.78. The van der Waals surface area contributed by atoms with E-state index in [1.165, 1.54) is 12.1 Å². The van der Waals surface area contributed by atoms with Gasteiger partial charge in [-0.25, -0.2) is 4.90 Å². The summed E-state index contributed by atoms with van der Waals surface area (Å²) < 4.78 is 41.8. The molecular weight excluding hydrogens is 433 g/mol. The van der Waals surface area contributed by atoms with Gasteiger partial charge in [-0.1, -0.05) is 54.1 Å². The highest BCUT2D eigenvalue weighted by molar-refractivity contribution is 6.46. The van der Waals surface area contributed by atoms with E-state index in [0.29, 0.717) is 11.3 Å². The van der Waals surface area contributed by atoms with E-state index in [-0.39, 0.29) is 17.0 Å². The summed E-state index contributed by atoms with van der Waals surface area (Å²) in [5, 5.41) is 2.85. The van der Waals surface area contributed by atoms with Crippen molar-refractivity contribution in [3.63, 3.8) is 0 Å². The highest BCUT2D eigenvalue weighted by Gasteiger charge is 2.41. The molecule has 1 aliphatic rings. The molecule has 3 aromatic carbocycles. The molecule has 0 saturated carbocycles. The van der Waals surface area contributed by atoms with Gasteiger partial charge in [0, 0.05) is 11.8 Å². The number of nitrogens with one attached hydrogen (secondary N) is 1. The van der Waals surface area contributed by atoms with Crippen molar-refractivity contribution in [1.82, 2.24) is 0 Å². The zero-order valence-electron chi connectivity index (χ0n) is 17.7. The Labute approximate surface area is 188 Å². The molecule has 1 aliphatic heterocycles. The Bertz CT molecular complexity index is 1270. The lowest BCUT2D eigenvalue weighted by Crippen LogP contribution is -2.33. The van der Waals surface area contributed by atoms with Crippen molar-refractivity contribution in [2.45, 2.75) is 20.2 Å². The summed E-state index contributed by atoms with van der Waals surface area (Å²) in [6.07, 6.45) is -4.86. The quantitative estimate of drug-likeness (QED) is 0.512. The molecule has 8 heteroatoms. The monoisotopic (exact) mass is 452 g/mol. The molecular formula is C25H19F3N2O3. The van der Waals surface area contributed by atoms with E-state index in [9.17, 15) is 22.8 Å². The number of ether oxygens (including phenoxy) is 1. The number of imide groups is 1. The molecule has 3 aromatic rings. The van der Waals surface area contributed by atoms with Crippen LogP contribution >= 0.6 is 0 Å². The second kappa shape index (κ2) is 8.46. The second-order valence-electron chi connectivity index (χ2n) is 7.55. The lowest BCUT2D eigenvalue weighted by molar-refractivity contribution is -0.274. The number of carbonyl (C=O) groups is 2. The molecule has 0 spiro atoms. The van der Waals surface area contributed by atoms with Gasteiger partial charge >= 0.3 is 6.36 Å². The van der Waals surface area contributed by atoms with Crippen LogP contribution in [0.15, 0.2) is 78.5 Å². The Kier molecular flexibility index (Phi) is 5.68. The molecule has 168 valence electrons. The fraction of sp³-hybridized carbons (Fsp3) is 0.120. The van der Waals surface area contributed by atoms with E-state index in [4.69, 9.17) is 0 Å². The van der Waals surface area contributed by atoms with Crippen molar-refractivity contribution in [2.24, 2.45) is 0 Å². The summed E-state index contributed by atoms with van der Waals surface area (Å²) in [5.74, 6) is -1.58. The zero-order chi connectivity index (χ0) is 23.8. The average molecular weight is 452 g/mol. The van der Waals surface area contributed by atoms with E-state index >= 15 is 0 Å². The van der Waals surface area contributed by atoms with Gasteiger partial charge in [-0.15, -0.1) is 13.2 Å². The van der Waals surface area contributed by atoms with Crippen LogP contribution in [0.3, 0.4) is 0 Å². The van der Waals surface area contributed by atoms with E-state index < -0.39 is 23.9 Å². The molecule has 2 amide bonds. The number of rotatable bonds is 5. The summed E-state index contributed by atoms with van der Waals surface area (Å²) in [6, 6.07) is 19.1. The maximum atomic E-state index is 13.4. The molecule has 0 saturated heterocycles. The van der Waals surface area contributed by atoms with Gasteiger partial charge in [-0.05, 0) is 43.2 Å². The molecule has 0 aliphatic carbocycles. The maximum absolute atomic E-state index is 13.4. The van der Waals surface area contributed by atoms with Gasteiger partial charge in [0.25, 0.3) is 11.8 Å². The largest absolute Gasteiger partial charge is 0.573 e. The maximum Gasteiger partial charge on any atom is 0.573 e. The Hall–Kier alpha value is -4.07. The highest BCUT2D eigenvalue weighted by atomic mass is 19.4. The Morgan fingerprint density at radius 2 is 1.58 bits per heavy atom. The van der Waals surface area contributed by atoms with Crippen LogP contribution in [0.25, 0.3) is 5.57 Å². The average Bonchev–Trinajstić information content (AvgIpc) is 2.98. The third-order valence-electron chi connectivity index (χ3n) is 5.08. The van der Waals surface area contributed by atoms with Crippen LogP contribution in [0.5, 0.6) is 5.75 Å². The summed E-state index contributed by atoms with van der Waals surface area (Å²) in [5.41, 5.74) is 2.93. The number of carbonyl (C=O) groups excluding carboxylic acids is 2. The van der Waals surface area contributed by atoms with Crippen LogP contribution in [0.2, 0.25) is 0 Å². The number of hydrogen-bond acceptors (Lipinski definition) is 4. The van der Waals surface area contributed by atoms with Gasteiger partial charge in [0.15, 0.2) is 0 Å². The van der Waals surface area contributed by atoms with E-state index in [1.807, 2.05) is 13.0 Å². The fourth-order valence-electron chi connectivity index (χ4n) is 3.71. The number of anilines is 2. The lowest BCUT2D eigenvalue weighted by Gasteiger charge is -2.18. The SMILES string of the molecule is Cc1ccc(N2C(=O)C(Nc3cccc(OC(F)(F)F)c3)=C(c3ccccc3)C2=O)c(C)c1. The van der Waals surface area contributed by atoms with Gasteiger partial charge in [-0.3, -0.25) is 9.59 Å². The molecule has 5 nitrogen and oxygen atoms in total. The van der Waals surface area contributed by atoms with E-state index in [1.54, 1.807) is 49.4 Å². The first-order chi connectivity index (χ1) is 15.6. The van der Waals surface area contributed by atoms with Gasteiger partial charge in [-0.2, -0.15) is 0 Å². The fourth-order valence-corrected chi connectivity index (χ4v) is 3.71. The minimum Gasteiger partial charge on any atom is -0.406 e. The molecule has 0 bridgehead atoms. The third-order valence-corrected chi connectivity index (χ3v) is 5.08. The highest BCUT2D eigenvalue weighted by Crippen LogP contribution is 2.36. The van der Waals surface area contributed by atoms with Gasteiger partial charge in [0.05, 0.1) is 11.3 Å². The summed E-state index contributed by atoms with van der Waals surface area (Å²) in [7, 11) is 0. The summed E-state index contributed by atoms with van der Waals surface area (Å²) >= 11 is 0. The van der Waals surface area contributed by atoms with E-state index in [0.717, 1.165) is 28.2 Å². The normalized spacial score (nSPS) is 14.2. The van der Waals surface area contributed by atoms with Crippen LogP contribution in [-0.4, -0.2) is 18.2 Å². The smallest absolute Gasteiger partial charge is 0.406 e. The first-order valence-corrected chi connectivity index (χ1v) is 10.0. The van der Waals surface area contributed by atoms with Crippen molar-refractivity contribution >= 4 is 28.8 Å². The van der Waals surface area contributed by atoms with Gasteiger partial charge in [0.2, 0.25) is 0 Å². The molecule has 0 atom stereocenters. The minimum absolute atomic E-state index is 0.0321. The number of amides is 2. The molecule has 33 heavy (non-hydrogen) atoms. The number of halogens is 3.